The van der Waals surface area contributed by atoms with Gasteiger partial charge >= 0.3 is 8.03 Å². The molecule has 0 amide bonds. The maximum atomic E-state index is 11.1. The minimum Gasteiger partial charge on any atom is -0.369 e. The lowest BCUT2D eigenvalue weighted by molar-refractivity contribution is 0.477. The number of guanidine groups is 1. The molecule has 1 rings (SSSR count). The maximum absolute atomic E-state index is 11.1. The summed E-state index contributed by atoms with van der Waals surface area (Å²) in [7, 11) is -2.46. The molecule has 0 heterocycles. The van der Waals surface area contributed by atoms with Gasteiger partial charge in [-0.05, 0) is 11.5 Å². The highest BCUT2D eigenvalue weighted by atomic mass is 31.1. The predicted octanol–water partition coefficient (Wildman–Crippen LogP) is 0.506. The van der Waals surface area contributed by atoms with Gasteiger partial charge in [-0.1, -0.05) is 29.8 Å². The van der Waals surface area contributed by atoms with Crippen LogP contribution in [0.1, 0.15) is 16.9 Å². The first kappa shape index (κ1) is 12.4. The highest BCUT2D eigenvalue weighted by Crippen LogP contribution is 2.34. The molecule has 1 aromatic carbocycles. The third kappa shape index (κ3) is 3.49. The van der Waals surface area contributed by atoms with Crippen molar-refractivity contribution in [1.29, 1.82) is 0 Å². The number of rotatable bonds is 4. The van der Waals surface area contributed by atoms with Crippen LogP contribution in [0.3, 0.4) is 0 Å². The molecular formula is C9H14N4O2P+. The second-order valence-corrected chi connectivity index (χ2v) is 4.40. The first-order chi connectivity index (χ1) is 7.50. The van der Waals surface area contributed by atoms with E-state index in [2.05, 4.69) is 10.5 Å². The van der Waals surface area contributed by atoms with Crippen LogP contribution >= 0.6 is 8.03 Å². The van der Waals surface area contributed by atoms with E-state index in [0.717, 1.165) is 5.56 Å². The highest BCUT2D eigenvalue weighted by molar-refractivity contribution is 7.38. The Kier molecular flexibility index (Phi) is 4.22. The van der Waals surface area contributed by atoms with Gasteiger partial charge in [0.05, 0.1) is 0 Å². The molecule has 0 aliphatic heterocycles. The fourth-order valence-electron chi connectivity index (χ4n) is 1.14. The zero-order valence-corrected chi connectivity index (χ0v) is 9.69. The molecule has 0 radical (unpaired) electrons. The monoisotopic (exact) mass is 241 g/mol. The average Bonchev–Trinajstić information content (AvgIpc) is 2.20. The molecule has 0 aliphatic rings. The van der Waals surface area contributed by atoms with E-state index in [0.29, 0.717) is 5.56 Å². The van der Waals surface area contributed by atoms with Crippen molar-refractivity contribution in [3.8, 4) is 0 Å². The number of benzene rings is 1. The predicted molar refractivity (Wildman–Crippen MR) is 62.7 cm³/mol. The minimum atomic E-state index is -2.46. The average molecular weight is 241 g/mol. The molecule has 0 saturated carbocycles. The van der Waals surface area contributed by atoms with Crippen LogP contribution in [0.5, 0.6) is 0 Å². The SMILES string of the molecule is Cc1ccc([C@H](NN=C(N)N)[P+](=O)O)cc1. The van der Waals surface area contributed by atoms with Gasteiger partial charge in [-0.3, -0.25) is 5.43 Å². The van der Waals surface area contributed by atoms with Crippen LogP contribution in [0, 0.1) is 6.92 Å². The summed E-state index contributed by atoms with van der Waals surface area (Å²) in [5.74, 6) is -0.994. The lowest BCUT2D eigenvalue weighted by Crippen LogP contribution is -2.27. The molecule has 0 spiro atoms. The first-order valence-corrected chi connectivity index (χ1v) is 5.85. The third-order valence-electron chi connectivity index (χ3n) is 1.93. The van der Waals surface area contributed by atoms with E-state index in [1.54, 1.807) is 12.1 Å². The Labute approximate surface area is 94.2 Å². The number of nitrogens with one attached hydrogen (secondary N) is 1. The molecule has 0 bridgehead atoms. The van der Waals surface area contributed by atoms with Crippen LogP contribution in [-0.4, -0.2) is 10.9 Å². The van der Waals surface area contributed by atoms with Crippen LogP contribution in [0.25, 0.3) is 0 Å². The summed E-state index contributed by atoms with van der Waals surface area (Å²) in [6, 6.07) is 7.19. The molecule has 0 saturated heterocycles. The normalized spacial score (nSPS) is 12.8. The fraction of sp³-hybridized carbons (Fsp3) is 0.222. The van der Waals surface area contributed by atoms with E-state index < -0.39 is 13.8 Å². The topological polar surface area (TPSA) is 114 Å². The van der Waals surface area contributed by atoms with Crippen LogP contribution in [0.4, 0.5) is 0 Å². The zero-order valence-electron chi connectivity index (χ0n) is 8.79. The fourth-order valence-corrected chi connectivity index (χ4v) is 1.72. The minimum absolute atomic E-state index is 0.186. The van der Waals surface area contributed by atoms with E-state index >= 15 is 0 Å². The number of hydrogen-bond acceptors (Lipinski definition) is 3. The summed E-state index contributed by atoms with van der Waals surface area (Å²) in [4.78, 5) is 9.14. The van der Waals surface area contributed by atoms with Crippen LogP contribution < -0.4 is 16.9 Å². The van der Waals surface area contributed by atoms with Gasteiger partial charge in [0.2, 0.25) is 5.96 Å². The molecule has 7 heteroatoms. The third-order valence-corrected chi connectivity index (χ3v) is 2.79. The second-order valence-electron chi connectivity index (χ2n) is 3.28. The molecule has 16 heavy (non-hydrogen) atoms. The molecule has 86 valence electrons. The van der Waals surface area contributed by atoms with Gasteiger partial charge in [0, 0.05) is 5.56 Å². The number of aryl methyl sites for hydroxylation is 1. The van der Waals surface area contributed by atoms with Crippen LogP contribution in [0.15, 0.2) is 29.4 Å². The van der Waals surface area contributed by atoms with Crippen molar-refractivity contribution in [2.45, 2.75) is 12.7 Å². The molecule has 0 fully saturated rings. The Balaban J connectivity index is 2.90. The lowest BCUT2D eigenvalue weighted by Gasteiger charge is -2.05. The van der Waals surface area contributed by atoms with Crippen molar-refractivity contribution in [2.24, 2.45) is 16.6 Å². The number of hydrogen-bond donors (Lipinski definition) is 4. The Morgan fingerprint density at radius 2 is 2.00 bits per heavy atom. The Morgan fingerprint density at radius 1 is 1.44 bits per heavy atom. The van der Waals surface area contributed by atoms with Crippen molar-refractivity contribution in [2.75, 3.05) is 0 Å². The summed E-state index contributed by atoms with van der Waals surface area (Å²) in [6.45, 7) is 1.93. The quantitative estimate of drug-likeness (QED) is 0.265. The largest absolute Gasteiger partial charge is 0.537 e. The Hall–Kier alpha value is -1.65. The lowest BCUT2D eigenvalue weighted by atomic mass is 10.1. The van der Waals surface area contributed by atoms with Gasteiger partial charge in [0.1, 0.15) is 0 Å². The molecule has 0 aromatic heterocycles. The summed E-state index contributed by atoms with van der Waals surface area (Å²) in [6.07, 6.45) is 0. The van der Waals surface area contributed by atoms with E-state index in [1.165, 1.54) is 0 Å². The maximum Gasteiger partial charge on any atom is 0.537 e. The van der Waals surface area contributed by atoms with E-state index in [1.807, 2.05) is 19.1 Å². The van der Waals surface area contributed by atoms with Crippen molar-refractivity contribution in [3.63, 3.8) is 0 Å². The van der Waals surface area contributed by atoms with Gasteiger partial charge in [0.25, 0.3) is 5.78 Å². The highest BCUT2D eigenvalue weighted by Gasteiger charge is 2.30. The summed E-state index contributed by atoms with van der Waals surface area (Å²) < 4.78 is 11.1. The molecule has 1 unspecified atom stereocenters. The summed E-state index contributed by atoms with van der Waals surface area (Å²) in [5.41, 5.74) is 14.4. The zero-order chi connectivity index (χ0) is 12.1. The standard InChI is InChI=1S/C9H13N4O2P/c1-6-2-4-7(5-3-6)8(16(14)15)12-13-9(10)11/h2-5,8,12H,1H3,(H4-,10,11,13,14,15)/p+1/t8-/m1/s1. The smallest absolute Gasteiger partial charge is 0.369 e. The van der Waals surface area contributed by atoms with Crippen molar-refractivity contribution < 1.29 is 9.46 Å². The van der Waals surface area contributed by atoms with Crippen molar-refractivity contribution in [3.05, 3.63) is 35.4 Å². The van der Waals surface area contributed by atoms with Gasteiger partial charge < -0.3 is 11.5 Å². The molecule has 6 N–H and O–H groups in total. The summed E-state index contributed by atoms with van der Waals surface area (Å²) >= 11 is 0. The molecule has 2 atom stereocenters. The van der Waals surface area contributed by atoms with E-state index in [9.17, 15) is 4.57 Å². The van der Waals surface area contributed by atoms with Crippen LogP contribution in [-0.2, 0) is 4.57 Å². The van der Waals surface area contributed by atoms with Gasteiger partial charge in [-0.2, -0.15) is 4.89 Å². The van der Waals surface area contributed by atoms with E-state index in [4.69, 9.17) is 16.4 Å². The van der Waals surface area contributed by atoms with Crippen molar-refractivity contribution >= 4 is 14.0 Å². The molecular weight excluding hydrogens is 227 g/mol. The second kappa shape index (κ2) is 5.44. The number of hydrazone groups is 1. The Morgan fingerprint density at radius 3 is 2.44 bits per heavy atom. The first-order valence-electron chi connectivity index (χ1n) is 4.56. The molecule has 1 aromatic rings. The van der Waals surface area contributed by atoms with Gasteiger partial charge in [-0.25, -0.2) is 0 Å². The summed E-state index contributed by atoms with van der Waals surface area (Å²) in [5, 5.41) is 3.52. The van der Waals surface area contributed by atoms with Crippen molar-refractivity contribution in [1.82, 2.24) is 5.43 Å². The van der Waals surface area contributed by atoms with Gasteiger partial charge in [-0.15, -0.1) is 5.10 Å². The van der Waals surface area contributed by atoms with Gasteiger partial charge in [0.15, 0.2) is 0 Å². The van der Waals surface area contributed by atoms with E-state index in [-0.39, 0.29) is 5.96 Å². The number of nitrogens with two attached hydrogens (primary N) is 2. The Bertz CT molecular complexity index is 400. The number of nitrogens with zero attached hydrogens (tertiary/aromatic N) is 1. The molecule has 0 aliphatic carbocycles. The molecule has 6 nitrogen and oxygen atoms in total. The van der Waals surface area contributed by atoms with Crippen LogP contribution in [0.2, 0.25) is 0 Å².